The van der Waals surface area contributed by atoms with Gasteiger partial charge >= 0.3 is 0 Å². The van der Waals surface area contributed by atoms with E-state index in [1.165, 1.54) is 6.42 Å². The molecule has 0 N–H and O–H groups in total. The van der Waals surface area contributed by atoms with Gasteiger partial charge in [-0.1, -0.05) is 11.6 Å². The largest absolute Gasteiger partial charge is 0.354 e. The van der Waals surface area contributed by atoms with Gasteiger partial charge in [0.25, 0.3) is 0 Å². The molecule has 1 saturated carbocycles. The molecule has 2 aliphatic rings. The molecule has 4 rings (SSSR count). The maximum absolute atomic E-state index is 9.31. The third kappa shape index (κ3) is 1.82. The molecule has 3 heterocycles. The highest BCUT2D eigenvalue weighted by Gasteiger charge is 2.54. The molecule has 1 saturated heterocycles. The summed E-state index contributed by atoms with van der Waals surface area (Å²) in [7, 11) is 0. The summed E-state index contributed by atoms with van der Waals surface area (Å²) in [6.45, 7) is 3.55. The van der Waals surface area contributed by atoms with E-state index in [1.807, 2.05) is 13.0 Å². The number of fused-ring (bicyclic) bond motifs is 1. The molecule has 1 aliphatic carbocycles. The van der Waals surface area contributed by atoms with Gasteiger partial charge in [0.05, 0.1) is 11.0 Å². The van der Waals surface area contributed by atoms with Crippen molar-refractivity contribution in [3.05, 3.63) is 35.6 Å². The van der Waals surface area contributed by atoms with Crippen LogP contribution in [0, 0.1) is 24.2 Å². The molecule has 6 nitrogen and oxygen atoms in total. The second kappa shape index (κ2) is 4.80. The van der Waals surface area contributed by atoms with E-state index in [1.54, 1.807) is 12.3 Å². The zero-order valence-electron chi connectivity index (χ0n) is 12.5. The van der Waals surface area contributed by atoms with Crippen LogP contribution in [0.25, 0.3) is 0 Å². The van der Waals surface area contributed by atoms with Crippen molar-refractivity contribution in [2.24, 2.45) is 5.92 Å². The fourth-order valence-corrected chi connectivity index (χ4v) is 4.04. The van der Waals surface area contributed by atoms with Crippen molar-refractivity contribution in [3.8, 4) is 6.07 Å². The number of pyridine rings is 1. The van der Waals surface area contributed by atoms with E-state index in [4.69, 9.17) is 4.52 Å². The predicted molar refractivity (Wildman–Crippen MR) is 79.2 cm³/mol. The van der Waals surface area contributed by atoms with Gasteiger partial charge in [0.15, 0.2) is 5.82 Å². The summed E-state index contributed by atoms with van der Waals surface area (Å²) in [4.78, 5) is 11.1. The van der Waals surface area contributed by atoms with E-state index < -0.39 is 0 Å². The number of rotatable bonds is 2. The smallest absolute Gasteiger partial charge is 0.234 e. The van der Waals surface area contributed by atoms with Crippen molar-refractivity contribution in [1.29, 1.82) is 5.26 Å². The third-order valence-electron chi connectivity index (χ3n) is 5.03. The molecule has 2 atom stereocenters. The Labute approximate surface area is 128 Å². The number of anilines is 1. The number of hydrogen-bond acceptors (Lipinski definition) is 6. The summed E-state index contributed by atoms with van der Waals surface area (Å²) in [6.07, 6.45) is 5.15. The third-order valence-corrected chi connectivity index (χ3v) is 5.03. The van der Waals surface area contributed by atoms with Crippen molar-refractivity contribution in [1.82, 2.24) is 15.1 Å². The van der Waals surface area contributed by atoms with Crippen LogP contribution in [0.4, 0.5) is 5.82 Å². The molecule has 0 aromatic carbocycles. The van der Waals surface area contributed by atoms with E-state index >= 15 is 0 Å². The van der Waals surface area contributed by atoms with E-state index in [0.717, 1.165) is 37.6 Å². The second-order valence-corrected chi connectivity index (χ2v) is 6.26. The molecular weight excluding hydrogens is 278 g/mol. The van der Waals surface area contributed by atoms with Gasteiger partial charge in [-0.15, -0.1) is 0 Å². The highest BCUT2D eigenvalue weighted by molar-refractivity contribution is 5.55. The quantitative estimate of drug-likeness (QED) is 0.845. The van der Waals surface area contributed by atoms with Crippen LogP contribution in [0.2, 0.25) is 0 Å². The standard InChI is InChI=1S/C16H17N5O/c1-11-19-15(22-20-11)16-6-2-5-13(16)9-21(10-16)14-12(8-17)4-3-7-18-14/h3-4,7,13H,2,5-6,9-10H2,1H3/t13-,16-/m0/s1. The Kier molecular flexibility index (Phi) is 2.89. The first-order chi connectivity index (χ1) is 10.7. The Bertz CT molecular complexity index is 749. The first-order valence-corrected chi connectivity index (χ1v) is 7.64. The topological polar surface area (TPSA) is 78.8 Å². The highest BCUT2D eigenvalue weighted by Crippen LogP contribution is 2.50. The van der Waals surface area contributed by atoms with Crippen molar-refractivity contribution < 1.29 is 4.52 Å². The van der Waals surface area contributed by atoms with Gasteiger partial charge < -0.3 is 9.42 Å². The zero-order valence-corrected chi connectivity index (χ0v) is 12.5. The maximum Gasteiger partial charge on any atom is 0.234 e. The highest BCUT2D eigenvalue weighted by atomic mass is 16.5. The van der Waals surface area contributed by atoms with E-state index in [0.29, 0.717) is 17.3 Å². The lowest BCUT2D eigenvalue weighted by molar-refractivity contribution is 0.265. The van der Waals surface area contributed by atoms with Crippen LogP contribution in [0.3, 0.4) is 0 Å². The molecule has 0 unspecified atom stereocenters. The molecule has 0 spiro atoms. The van der Waals surface area contributed by atoms with E-state index in [-0.39, 0.29) is 5.41 Å². The summed E-state index contributed by atoms with van der Waals surface area (Å²) < 4.78 is 5.52. The van der Waals surface area contributed by atoms with Gasteiger partial charge in [0, 0.05) is 19.3 Å². The van der Waals surface area contributed by atoms with Gasteiger partial charge in [-0.05, 0) is 37.8 Å². The second-order valence-electron chi connectivity index (χ2n) is 6.26. The summed E-state index contributed by atoms with van der Waals surface area (Å²) in [6, 6.07) is 5.86. The Morgan fingerprint density at radius 1 is 1.50 bits per heavy atom. The lowest BCUT2D eigenvalue weighted by Crippen LogP contribution is -2.32. The van der Waals surface area contributed by atoms with Crippen molar-refractivity contribution in [3.63, 3.8) is 0 Å². The minimum absolute atomic E-state index is 0.0779. The molecule has 2 aromatic rings. The Balaban J connectivity index is 1.72. The van der Waals surface area contributed by atoms with Crippen LogP contribution in [0.15, 0.2) is 22.9 Å². The summed E-state index contributed by atoms with van der Waals surface area (Å²) in [5, 5.41) is 13.3. The van der Waals surface area contributed by atoms with E-state index in [9.17, 15) is 5.26 Å². The van der Waals surface area contributed by atoms with Crippen LogP contribution in [0.1, 0.15) is 36.5 Å². The Morgan fingerprint density at radius 2 is 2.41 bits per heavy atom. The van der Waals surface area contributed by atoms with Crippen LogP contribution < -0.4 is 4.90 Å². The van der Waals surface area contributed by atoms with Crippen molar-refractivity contribution in [2.45, 2.75) is 31.6 Å². The lowest BCUT2D eigenvalue weighted by Gasteiger charge is -2.24. The number of nitriles is 1. The fourth-order valence-electron chi connectivity index (χ4n) is 4.04. The molecule has 0 amide bonds. The lowest BCUT2D eigenvalue weighted by atomic mass is 9.80. The Hall–Kier alpha value is -2.42. The normalized spacial score (nSPS) is 26.9. The minimum atomic E-state index is -0.0779. The molecule has 0 bridgehead atoms. The average molecular weight is 295 g/mol. The number of aryl methyl sites for hydroxylation is 1. The van der Waals surface area contributed by atoms with Gasteiger partial charge in [0.1, 0.15) is 11.9 Å². The summed E-state index contributed by atoms with van der Waals surface area (Å²) in [5.74, 6) is 2.70. The van der Waals surface area contributed by atoms with Crippen LogP contribution >= 0.6 is 0 Å². The van der Waals surface area contributed by atoms with Crippen molar-refractivity contribution >= 4 is 5.82 Å². The fraction of sp³-hybridized carbons (Fsp3) is 0.500. The number of hydrogen-bond donors (Lipinski definition) is 0. The molecule has 2 fully saturated rings. The number of nitrogens with zero attached hydrogens (tertiary/aromatic N) is 5. The summed E-state index contributed by atoms with van der Waals surface area (Å²) >= 11 is 0. The number of aromatic nitrogens is 3. The molecule has 0 radical (unpaired) electrons. The molecule has 1 aliphatic heterocycles. The van der Waals surface area contributed by atoms with Gasteiger partial charge in [0.2, 0.25) is 5.89 Å². The zero-order chi connectivity index (χ0) is 15.2. The van der Waals surface area contributed by atoms with Crippen LogP contribution in [0.5, 0.6) is 0 Å². The predicted octanol–water partition coefficient (Wildman–Crippen LogP) is 2.20. The molecule has 6 heteroatoms. The monoisotopic (exact) mass is 295 g/mol. The molecule has 2 aromatic heterocycles. The Morgan fingerprint density at radius 3 is 3.18 bits per heavy atom. The van der Waals surface area contributed by atoms with Crippen molar-refractivity contribution in [2.75, 3.05) is 18.0 Å². The molecule has 22 heavy (non-hydrogen) atoms. The SMILES string of the molecule is Cc1noc([C@]23CCC[C@H]2CN(c2ncccc2C#N)C3)n1. The molecule has 112 valence electrons. The average Bonchev–Trinajstić information content (AvgIpc) is 3.20. The van der Waals surface area contributed by atoms with Gasteiger partial charge in [-0.25, -0.2) is 4.98 Å². The summed E-state index contributed by atoms with van der Waals surface area (Å²) in [5.41, 5.74) is 0.547. The first kappa shape index (κ1) is 13.3. The van der Waals surface area contributed by atoms with Gasteiger partial charge in [-0.3, -0.25) is 0 Å². The van der Waals surface area contributed by atoms with Crippen LogP contribution in [-0.2, 0) is 5.41 Å². The van der Waals surface area contributed by atoms with Gasteiger partial charge in [-0.2, -0.15) is 10.2 Å². The van der Waals surface area contributed by atoms with Crippen LogP contribution in [-0.4, -0.2) is 28.2 Å². The maximum atomic E-state index is 9.31. The van der Waals surface area contributed by atoms with E-state index in [2.05, 4.69) is 26.1 Å². The minimum Gasteiger partial charge on any atom is -0.354 e. The first-order valence-electron chi connectivity index (χ1n) is 7.64. The molecular formula is C16H17N5O.